The summed E-state index contributed by atoms with van der Waals surface area (Å²) in [6.45, 7) is 1.91. The van der Waals surface area contributed by atoms with Gasteiger partial charge in [-0.2, -0.15) is 0 Å². The van der Waals surface area contributed by atoms with Gasteiger partial charge in [0.05, 0.1) is 17.1 Å². The average Bonchev–Trinajstić information content (AvgIpc) is 3.30. The summed E-state index contributed by atoms with van der Waals surface area (Å²) in [5, 5.41) is 12.5. The molecule has 12 heteroatoms. The molecule has 0 fully saturated rings. The topological polar surface area (TPSA) is 102 Å². The first-order valence-corrected chi connectivity index (χ1v) is 10.8. The summed E-state index contributed by atoms with van der Waals surface area (Å²) in [6, 6.07) is 19.6. The van der Waals surface area contributed by atoms with E-state index in [1.165, 1.54) is 35.3 Å². The molecule has 4 rings (SSSR count). The molecule has 4 aromatic rings. The Bertz CT molecular complexity index is 1390. The van der Waals surface area contributed by atoms with Crippen molar-refractivity contribution in [3.8, 4) is 22.8 Å². The zero-order chi connectivity index (χ0) is 25.9. The van der Waals surface area contributed by atoms with Crippen molar-refractivity contribution in [3.05, 3.63) is 84.7 Å². The quantitative estimate of drug-likeness (QED) is 0.208. The molecule has 3 N–H and O–H groups in total. The molecule has 0 saturated carbocycles. The molecule has 3 aromatic carbocycles. The van der Waals surface area contributed by atoms with Crippen LogP contribution >= 0.6 is 12.2 Å². The third-order valence-electron chi connectivity index (χ3n) is 4.97. The van der Waals surface area contributed by atoms with Gasteiger partial charge in [0.25, 0.3) is 5.17 Å². The first-order valence-electron chi connectivity index (χ1n) is 10.4. The number of para-hydroxylation sites is 1. The standard InChI is InChI=1S/C24H19F3N6O2S/c1-15-4-2-3-5-20(15)33(22(28)34-23(29)36)18-8-6-16(7-9-18)21-30-14-32(31-21)17-10-12-19(13-11-17)35-24(25,26)27/h2-14,28H,1H3,(H2,29,36). The second kappa shape index (κ2) is 10.0. The van der Waals surface area contributed by atoms with Crippen LogP contribution in [0.4, 0.5) is 24.5 Å². The molecule has 0 saturated heterocycles. The molecule has 0 atom stereocenters. The number of nitrogens with two attached hydrogens (primary N) is 1. The minimum Gasteiger partial charge on any atom is -0.406 e. The van der Waals surface area contributed by atoms with E-state index in [1.807, 2.05) is 31.2 Å². The third-order valence-corrected chi connectivity index (χ3v) is 5.05. The average molecular weight is 513 g/mol. The zero-order valence-electron chi connectivity index (χ0n) is 18.7. The van der Waals surface area contributed by atoms with Crippen molar-refractivity contribution in [3.63, 3.8) is 0 Å². The molecule has 0 amide bonds. The number of halogens is 3. The van der Waals surface area contributed by atoms with Gasteiger partial charge in [0, 0.05) is 5.56 Å². The molecule has 36 heavy (non-hydrogen) atoms. The highest BCUT2D eigenvalue weighted by molar-refractivity contribution is 7.80. The zero-order valence-corrected chi connectivity index (χ0v) is 19.5. The summed E-state index contributed by atoms with van der Waals surface area (Å²) >= 11 is 4.79. The summed E-state index contributed by atoms with van der Waals surface area (Å²) in [6.07, 6.45) is -3.31. The Labute approximate surface area is 209 Å². The number of hydrogen-bond acceptors (Lipinski definition) is 6. The van der Waals surface area contributed by atoms with Crippen LogP contribution in [0.25, 0.3) is 17.1 Å². The summed E-state index contributed by atoms with van der Waals surface area (Å²) < 4.78 is 47.6. The molecule has 1 heterocycles. The predicted molar refractivity (Wildman–Crippen MR) is 132 cm³/mol. The third kappa shape index (κ3) is 5.78. The first kappa shape index (κ1) is 24.7. The number of alkyl halides is 3. The molecule has 0 radical (unpaired) electrons. The maximum absolute atomic E-state index is 12.4. The number of thiocarbonyl (C=S) groups is 1. The maximum Gasteiger partial charge on any atom is 0.573 e. The van der Waals surface area contributed by atoms with E-state index >= 15 is 0 Å². The van der Waals surface area contributed by atoms with Crippen LogP contribution in [0.2, 0.25) is 0 Å². The Hall–Kier alpha value is -4.45. The van der Waals surface area contributed by atoms with Gasteiger partial charge in [-0.1, -0.05) is 18.2 Å². The van der Waals surface area contributed by atoms with E-state index in [1.54, 1.807) is 29.2 Å². The molecular weight excluding hydrogens is 493 g/mol. The minimum absolute atomic E-state index is 0.259. The number of ether oxygens (including phenoxy) is 2. The van der Waals surface area contributed by atoms with Crippen LogP contribution in [0.5, 0.6) is 5.75 Å². The van der Waals surface area contributed by atoms with Crippen molar-refractivity contribution in [2.24, 2.45) is 5.73 Å². The van der Waals surface area contributed by atoms with E-state index in [4.69, 9.17) is 28.1 Å². The number of nitrogens with zero attached hydrogens (tertiary/aromatic N) is 4. The fourth-order valence-corrected chi connectivity index (χ4v) is 3.48. The minimum atomic E-state index is -4.76. The fraction of sp³-hybridized carbons (Fsp3) is 0.0833. The molecule has 0 unspecified atom stereocenters. The molecule has 184 valence electrons. The number of aryl methyl sites for hydroxylation is 1. The number of anilines is 2. The summed E-state index contributed by atoms with van der Waals surface area (Å²) in [4.78, 5) is 5.86. The van der Waals surface area contributed by atoms with Crippen LogP contribution in [-0.2, 0) is 4.74 Å². The van der Waals surface area contributed by atoms with Crippen LogP contribution in [0, 0.1) is 12.3 Å². The van der Waals surface area contributed by atoms with Crippen LogP contribution in [0.3, 0.4) is 0 Å². The van der Waals surface area contributed by atoms with Crippen molar-refractivity contribution in [1.82, 2.24) is 14.8 Å². The van der Waals surface area contributed by atoms with E-state index in [2.05, 4.69) is 14.8 Å². The number of hydrogen-bond donors (Lipinski definition) is 2. The lowest BCUT2D eigenvalue weighted by atomic mass is 10.1. The number of rotatable bonds is 5. The summed E-state index contributed by atoms with van der Waals surface area (Å²) in [5.41, 5.74) is 8.91. The van der Waals surface area contributed by atoms with Gasteiger partial charge in [-0.15, -0.1) is 18.3 Å². The molecule has 0 spiro atoms. The Morgan fingerprint density at radius 3 is 2.31 bits per heavy atom. The Morgan fingerprint density at radius 2 is 1.69 bits per heavy atom. The Morgan fingerprint density at radius 1 is 1.03 bits per heavy atom. The molecule has 0 aliphatic rings. The van der Waals surface area contributed by atoms with Crippen molar-refractivity contribution in [2.75, 3.05) is 4.90 Å². The highest BCUT2D eigenvalue weighted by Gasteiger charge is 2.31. The van der Waals surface area contributed by atoms with E-state index in [0.29, 0.717) is 28.5 Å². The smallest absolute Gasteiger partial charge is 0.406 e. The van der Waals surface area contributed by atoms with Crippen LogP contribution in [0.15, 0.2) is 79.1 Å². The van der Waals surface area contributed by atoms with Crippen molar-refractivity contribution < 1.29 is 22.6 Å². The number of aromatic nitrogens is 3. The van der Waals surface area contributed by atoms with E-state index in [0.717, 1.165) is 5.56 Å². The first-order chi connectivity index (χ1) is 17.1. The van der Waals surface area contributed by atoms with Crippen molar-refractivity contribution in [2.45, 2.75) is 13.3 Å². The van der Waals surface area contributed by atoms with Gasteiger partial charge in [-0.3, -0.25) is 10.3 Å². The van der Waals surface area contributed by atoms with Gasteiger partial charge < -0.3 is 15.2 Å². The maximum atomic E-state index is 12.4. The van der Waals surface area contributed by atoms with Crippen molar-refractivity contribution >= 4 is 34.8 Å². The van der Waals surface area contributed by atoms with Gasteiger partial charge in [-0.25, -0.2) is 9.67 Å². The Kier molecular flexibility index (Phi) is 6.88. The fourth-order valence-electron chi connectivity index (χ4n) is 3.40. The van der Waals surface area contributed by atoms with Gasteiger partial charge >= 0.3 is 12.4 Å². The van der Waals surface area contributed by atoms with Gasteiger partial charge in [-0.05, 0) is 79.3 Å². The largest absolute Gasteiger partial charge is 0.573 e. The second-order valence-corrected chi connectivity index (χ2v) is 7.85. The molecule has 0 bridgehead atoms. The van der Waals surface area contributed by atoms with Gasteiger partial charge in [0.15, 0.2) is 5.82 Å². The monoisotopic (exact) mass is 512 g/mol. The van der Waals surface area contributed by atoms with E-state index < -0.39 is 6.36 Å². The molecular formula is C24H19F3N6O2S. The number of nitrogens with one attached hydrogen (secondary N) is 1. The molecule has 0 aliphatic carbocycles. The van der Waals surface area contributed by atoms with Gasteiger partial charge in [0.1, 0.15) is 12.1 Å². The van der Waals surface area contributed by atoms with Crippen LogP contribution in [-0.4, -0.2) is 32.3 Å². The van der Waals surface area contributed by atoms with Crippen LogP contribution < -0.4 is 15.4 Å². The SMILES string of the molecule is Cc1ccccc1N(C(=N)OC(N)=S)c1ccc(-c2ncn(-c3ccc(OC(F)(F)F)cc3)n2)cc1. The molecule has 8 nitrogen and oxygen atoms in total. The van der Waals surface area contributed by atoms with Crippen molar-refractivity contribution in [1.29, 1.82) is 5.41 Å². The van der Waals surface area contributed by atoms with Gasteiger partial charge in [0.2, 0.25) is 0 Å². The summed E-state index contributed by atoms with van der Waals surface area (Å²) in [7, 11) is 0. The molecule has 0 aliphatic heterocycles. The lowest BCUT2D eigenvalue weighted by Gasteiger charge is -2.25. The Balaban J connectivity index is 1.58. The number of benzene rings is 3. The highest BCUT2D eigenvalue weighted by Crippen LogP contribution is 2.30. The predicted octanol–water partition coefficient (Wildman–Crippen LogP) is 5.47. The lowest BCUT2D eigenvalue weighted by molar-refractivity contribution is -0.274. The highest BCUT2D eigenvalue weighted by atomic mass is 32.1. The molecule has 1 aromatic heterocycles. The van der Waals surface area contributed by atoms with E-state index in [9.17, 15) is 13.2 Å². The number of amidine groups is 1. The second-order valence-electron chi connectivity index (χ2n) is 7.45. The summed E-state index contributed by atoms with van der Waals surface area (Å²) in [5.74, 6) is 0.0689. The normalized spacial score (nSPS) is 11.1. The van der Waals surface area contributed by atoms with E-state index in [-0.39, 0.29) is 16.9 Å². The lowest BCUT2D eigenvalue weighted by Crippen LogP contribution is -2.32. The van der Waals surface area contributed by atoms with Crippen LogP contribution in [0.1, 0.15) is 5.56 Å².